The Labute approximate surface area is 149 Å². The van der Waals surface area contributed by atoms with Crippen LogP contribution in [-0.2, 0) is 0 Å². The van der Waals surface area contributed by atoms with Crippen LogP contribution in [-0.4, -0.2) is 11.6 Å². The highest BCUT2D eigenvalue weighted by molar-refractivity contribution is 6.14. The van der Waals surface area contributed by atoms with Crippen molar-refractivity contribution in [3.63, 3.8) is 0 Å². The highest BCUT2D eigenvalue weighted by Crippen LogP contribution is 2.32. The van der Waals surface area contributed by atoms with Gasteiger partial charge in [0.25, 0.3) is 0 Å². The van der Waals surface area contributed by atoms with Crippen LogP contribution in [0.2, 0.25) is 0 Å². The summed E-state index contributed by atoms with van der Waals surface area (Å²) in [4.78, 5) is 16.7. The topological polar surface area (TPSA) is 42.1 Å². The monoisotopic (exact) mass is 339 g/mol. The van der Waals surface area contributed by atoms with E-state index in [2.05, 4.69) is 17.1 Å². The minimum absolute atomic E-state index is 0.0585. The molecule has 4 aromatic carbocycles. The number of fused-ring (bicyclic) bond motifs is 6. The van der Waals surface area contributed by atoms with Crippen LogP contribution in [0.5, 0.6) is 5.75 Å². The zero-order valence-corrected chi connectivity index (χ0v) is 14.4. The second-order valence-corrected chi connectivity index (χ2v) is 6.44. The maximum Gasteiger partial charge on any atom is 0.197 e. The molecular weight excluding hydrogens is 322 g/mol. The summed E-state index contributed by atoms with van der Waals surface area (Å²) in [6, 6.07) is 21.9. The van der Waals surface area contributed by atoms with Crippen molar-refractivity contribution in [2.24, 2.45) is 0 Å². The molecule has 0 bridgehead atoms. The first-order valence-electron chi connectivity index (χ1n) is 8.80. The molecule has 1 heterocycles. The average Bonchev–Trinajstić information content (AvgIpc) is 2.68. The normalized spacial score (nSPS) is 11.6. The fraction of sp³-hybridized carbons (Fsp3) is 0.0870. The van der Waals surface area contributed by atoms with Gasteiger partial charge in [-0.15, -0.1) is 0 Å². The van der Waals surface area contributed by atoms with E-state index >= 15 is 0 Å². The fourth-order valence-corrected chi connectivity index (χ4v) is 3.80. The largest absolute Gasteiger partial charge is 0.493 e. The number of benzene rings is 4. The molecule has 5 aromatic rings. The Morgan fingerprint density at radius 2 is 1.42 bits per heavy atom. The highest BCUT2D eigenvalue weighted by Gasteiger charge is 2.12. The molecule has 0 saturated heterocycles. The Balaban J connectivity index is 2.01. The summed E-state index contributed by atoms with van der Waals surface area (Å²) in [6.45, 7) is 2.58. The zero-order chi connectivity index (χ0) is 17.7. The number of ether oxygens (including phenoxy) is 1. The van der Waals surface area contributed by atoms with Crippen molar-refractivity contribution >= 4 is 43.4 Å². The third-order valence-electron chi connectivity index (χ3n) is 4.99. The number of aromatic amines is 1. The van der Waals surface area contributed by atoms with Gasteiger partial charge in [0.05, 0.1) is 17.6 Å². The highest BCUT2D eigenvalue weighted by atomic mass is 16.5. The number of pyridine rings is 1. The van der Waals surface area contributed by atoms with E-state index in [1.807, 2.05) is 61.5 Å². The molecule has 0 aliphatic carbocycles. The van der Waals surface area contributed by atoms with Crippen LogP contribution in [0.25, 0.3) is 43.4 Å². The van der Waals surface area contributed by atoms with E-state index < -0.39 is 0 Å². The molecule has 0 radical (unpaired) electrons. The summed E-state index contributed by atoms with van der Waals surface area (Å²) < 4.78 is 5.76. The predicted octanol–water partition coefficient (Wildman–Crippen LogP) is 5.39. The molecule has 1 aromatic heterocycles. The quantitative estimate of drug-likeness (QED) is 0.346. The van der Waals surface area contributed by atoms with Gasteiger partial charge in [0, 0.05) is 26.9 Å². The van der Waals surface area contributed by atoms with Gasteiger partial charge in [-0.2, -0.15) is 0 Å². The van der Waals surface area contributed by atoms with Crippen molar-refractivity contribution in [3.05, 3.63) is 77.0 Å². The van der Waals surface area contributed by atoms with Gasteiger partial charge < -0.3 is 9.72 Å². The summed E-state index contributed by atoms with van der Waals surface area (Å²) in [6.07, 6.45) is 0. The van der Waals surface area contributed by atoms with Crippen LogP contribution in [0.3, 0.4) is 0 Å². The van der Waals surface area contributed by atoms with Crippen LogP contribution < -0.4 is 10.2 Å². The van der Waals surface area contributed by atoms with Crippen molar-refractivity contribution in [1.82, 2.24) is 4.98 Å². The van der Waals surface area contributed by atoms with Crippen molar-refractivity contribution in [2.45, 2.75) is 6.92 Å². The van der Waals surface area contributed by atoms with Crippen LogP contribution in [0, 0.1) is 0 Å². The minimum Gasteiger partial charge on any atom is -0.493 e. The standard InChI is InChI=1S/C23H17NO2/c1-2-26-20-9-5-8-17-16(20)12-13-19-22(17)24-21-15-7-4-3-6-14(15)10-11-18(21)23(19)25/h3-13H,2H2,1H3,(H,24,25). The maximum atomic E-state index is 13.1. The molecule has 3 heteroatoms. The van der Waals surface area contributed by atoms with Gasteiger partial charge in [-0.3, -0.25) is 4.79 Å². The molecule has 0 unspecified atom stereocenters. The number of rotatable bonds is 2. The molecule has 126 valence electrons. The molecule has 0 fully saturated rings. The molecule has 0 spiro atoms. The van der Waals surface area contributed by atoms with E-state index in [4.69, 9.17) is 4.74 Å². The SMILES string of the molecule is CCOc1cccc2c1ccc1c(=O)c3ccc4ccccc4c3[nH]c12. The van der Waals surface area contributed by atoms with Crippen molar-refractivity contribution in [1.29, 1.82) is 0 Å². The van der Waals surface area contributed by atoms with E-state index in [9.17, 15) is 4.79 Å². The molecule has 0 aliphatic heterocycles. The summed E-state index contributed by atoms with van der Waals surface area (Å²) in [7, 11) is 0. The van der Waals surface area contributed by atoms with Gasteiger partial charge in [-0.05, 0) is 36.6 Å². The van der Waals surface area contributed by atoms with E-state index in [0.717, 1.165) is 43.7 Å². The minimum atomic E-state index is 0.0585. The summed E-state index contributed by atoms with van der Waals surface area (Å²) in [5.41, 5.74) is 1.80. The average molecular weight is 339 g/mol. The Kier molecular flexibility index (Phi) is 3.22. The summed E-state index contributed by atoms with van der Waals surface area (Å²) >= 11 is 0. The Morgan fingerprint density at radius 3 is 2.27 bits per heavy atom. The summed E-state index contributed by atoms with van der Waals surface area (Å²) in [5, 5.41) is 5.61. The number of hydrogen-bond acceptors (Lipinski definition) is 2. The lowest BCUT2D eigenvalue weighted by Crippen LogP contribution is -2.05. The summed E-state index contributed by atoms with van der Waals surface area (Å²) in [5.74, 6) is 0.839. The Bertz CT molecular complexity index is 1370. The first-order chi connectivity index (χ1) is 12.8. The second kappa shape index (κ2) is 5.60. The van der Waals surface area contributed by atoms with Gasteiger partial charge in [0.1, 0.15) is 5.75 Å². The molecule has 1 N–H and O–H groups in total. The molecule has 5 rings (SSSR count). The second-order valence-electron chi connectivity index (χ2n) is 6.44. The molecular formula is C23H17NO2. The van der Waals surface area contributed by atoms with Gasteiger partial charge in [-0.25, -0.2) is 0 Å². The molecule has 26 heavy (non-hydrogen) atoms. The first-order valence-corrected chi connectivity index (χ1v) is 8.80. The van der Waals surface area contributed by atoms with Crippen LogP contribution in [0.1, 0.15) is 6.92 Å². The lowest BCUT2D eigenvalue weighted by Gasteiger charge is -2.11. The maximum absolute atomic E-state index is 13.1. The van der Waals surface area contributed by atoms with Gasteiger partial charge in [-0.1, -0.05) is 42.5 Å². The molecule has 3 nitrogen and oxygen atoms in total. The number of nitrogens with one attached hydrogen (secondary N) is 1. The van der Waals surface area contributed by atoms with Crippen molar-refractivity contribution in [3.8, 4) is 5.75 Å². The number of H-pyrrole nitrogens is 1. The molecule has 0 aliphatic rings. The van der Waals surface area contributed by atoms with Gasteiger partial charge >= 0.3 is 0 Å². The fourth-order valence-electron chi connectivity index (χ4n) is 3.80. The van der Waals surface area contributed by atoms with E-state index in [-0.39, 0.29) is 5.43 Å². The van der Waals surface area contributed by atoms with Crippen LogP contribution in [0.15, 0.2) is 71.5 Å². The Morgan fingerprint density at radius 1 is 0.731 bits per heavy atom. The molecule has 0 saturated carbocycles. The van der Waals surface area contributed by atoms with Gasteiger partial charge in [0.15, 0.2) is 5.43 Å². The smallest absolute Gasteiger partial charge is 0.197 e. The lowest BCUT2D eigenvalue weighted by atomic mass is 10.0. The number of aromatic nitrogens is 1. The number of hydrogen-bond donors (Lipinski definition) is 1. The third kappa shape index (κ3) is 2.04. The van der Waals surface area contributed by atoms with E-state index in [1.54, 1.807) is 0 Å². The predicted molar refractivity (Wildman–Crippen MR) is 108 cm³/mol. The van der Waals surface area contributed by atoms with Crippen LogP contribution >= 0.6 is 0 Å². The Hall–Kier alpha value is -3.33. The van der Waals surface area contributed by atoms with Crippen molar-refractivity contribution < 1.29 is 4.74 Å². The van der Waals surface area contributed by atoms with E-state index in [1.165, 1.54) is 0 Å². The molecule has 0 amide bonds. The van der Waals surface area contributed by atoms with Gasteiger partial charge in [0.2, 0.25) is 0 Å². The first kappa shape index (κ1) is 15.0. The van der Waals surface area contributed by atoms with Crippen molar-refractivity contribution in [2.75, 3.05) is 6.61 Å². The lowest BCUT2D eigenvalue weighted by molar-refractivity contribution is 0.344. The zero-order valence-electron chi connectivity index (χ0n) is 14.4. The molecule has 0 atom stereocenters. The van der Waals surface area contributed by atoms with Crippen LogP contribution in [0.4, 0.5) is 0 Å². The van der Waals surface area contributed by atoms with E-state index in [0.29, 0.717) is 12.0 Å². The third-order valence-corrected chi connectivity index (χ3v) is 4.99.